The third kappa shape index (κ3) is 1.85. The van der Waals surface area contributed by atoms with Crippen LogP contribution in [0.15, 0.2) is 18.2 Å². The molecule has 15 heavy (non-hydrogen) atoms. The van der Waals surface area contributed by atoms with Crippen LogP contribution in [0.1, 0.15) is 12.7 Å². The molecule has 0 aliphatic heterocycles. The molecule has 0 spiro atoms. The fourth-order valence-electron chi connectivity index (χ4n) is 1.70. The van der Waals surface area contributed by atoms with E-state index in [1.165, 1.54) is 0 Å². The van der Waals surface area contributed by atoms with E-state index in [2.05, 4.69) is 4.98 Å². The molecule has 2 aromatic rings. The lowest BCUT2D eigenvalue weighted by Gasteiger charge is -2.04. The maximum absolute atomic E-state index is 6.07. The van der Waals surface area contributed by atoms with Gasteiger partial charge in [-0.25, -0.2) is 4.98 Å². The number of aryl methyl sites for hydroxylation is 1. The predicted octanol–water partition coefficient (Wildman–Crippen LogP) is 2.12. The number of aromatic nitrogens is 2. The molecule has 0 saturated carbocycles. The van der Waals surface area contributed by atoms with Gasteiger partial charge < -0.3 is 10.3 Å². The van der Waals surface area contributed by atoms with E-state index in [4.69, 9.17) is 17.3 Å². The molecule has 0 bridgehead atoms. The number of imidazole rings is 1. The first kappa shape index (κ1) is 10.5. The maximum Gasteiger partial charge on any atom is 0.111 e. The molecule has 0 aliphatic carbocycles. The summed E-state index contributed by atoms with van der Waals surface area (Å²) >= 11 is 6.07. The minimum absolute atomic E-state index is 0.110. The lowest BCUT2D eigenvalue weighted by atomic mass is 10.2. The van der Waals surface area contributed by atoms with Gasteiger partial charge in [0.05, 0.1) is 10.5 Å². The fraction of sp³-hybridized carbons (Fsp3) is 0.364. The highest BCUT2D eigenvalue weighted by atomic mass is 35.5. The summed E-state index contributed by atoms with van der Waals surface area (Å²) in [6.45, 7) is 1.97. The number of hydrogen-bond donors (Lipinski definition) is 1. The Morgan fingerprint density at radius 3 is 2.87 bits per heavy atom. The van der Waals surface area contributed by atoms with Gasteiger partial charge in [0, 0.05) is 19.5 Å². The Hall–Kier alpha value is -1.06. The molecule has 1 atom stereocenters. The van der Waals surface area contributed by atoms with E-state index < -0.39 is 0 Å². The molecule has 0 saturated heterocycles. The number of halogens is 1. The lowest BCUT2D eigenvalue weighted by molar-refractivity contribution is 0.678. The van der Waals surface area contributed by atoms with Gasteiger partial charge in [-0.05, 0) is 19.1 Å². The van der Waals surface area contributed by atoms with Crippen LogP contribution in [0.5, 0.6) is 0 Å². The van der Waals surface area contributed by atoms with E-state index in [0.717, 1.165) is 23.3 Å². The fourth-order valence-corrected chi connectivity index (χ4v) is 1.91. The van der Waals surface area contributed by atoms with E-state index in [0.29, 0.717) is 5.02 Å². The molecule has 0 radical (unpaired) electrons. The molecule has 1 heterocycles. The molecule has 2 rings (SSSR count). The van der Waals surface area contributed by atoms with Crippen molar-refractivity contribution in [3.8, 4) is 0 Å². The standard InChI is InChI=1S/C11H14ClN3/c1-7(13)6-10-14-11-8(12)4-3-5-9(11)15(10)2/h3-5,7H,6,13H2,1-2H3. The molecule has 1 aromatic carbocycles. The molecule has 80 valence electrons. The summed E-state index contributed by atoms with van der Waals surface area (Å²) in [5, 5.41) is 0.694. The summed E-state index contributed by atoms with van der Waals surface area (Å²) in [7, 11) is 1.99. The van der Waals surface area contributed by atoms with Crippen LogP contribution in [0, 0.1) is 0 Å². The molecule has 4 heteroatoms. The van der Waals surface area contributed by atoms with Crippen molar-refractivity contribution in [2.75, 3.05) is 0 Å². The lowest BCUT2D eigenvalue weighted by Crippen LogP contribution is -2.19. The zero-order valence-corrected chi connectivity index (χ0v) is 9.62. The van der Waals surface area contributed by atoms with Crippen LogP contribution >= 0.6 is 11.6 Å². The van der Waals surface area contributed by atoms with Crippen molar-refractivity contribution in [2.45, 2.75) is 19.4 Å². The first-order chi connectivity index (χ1) is 7.09. The number of rotatable bonds is 2. The zero-order valence-electron chi connectivity index (χ0n) is 8.87. The average Bonchev–Trinajstić information content (AvgIpc) is 2.46. The van der Waals surface area contributed by atoms with E-state index in [-0.39, 0.29) is 6.04 Å². The van der Waals surface area contributed by atoms with E-state index in [1.54, 1.807) is 0 Å². The second-order valence-corrected chi connectivity index (χ2v) is 4.28. The highest BCUT2D eigenvalue weighted by molar-refractivity contribution is 6.34. The van der Waals surface area contributed by atoms with Gasteiger partial charge in [0.2, 0.25) is 0 Å². The number of para-hydroxylation sites is 1. The number of nitrogens with two attached hydrogens (primary N) is 1. The first-order valence-electron chi connectivity index (χ1n) is 4.95. The van der Waals surface area contributed by atoms with Crippen LogP contribution in [0.4, 0.5) is 0 Å². The van der Waals surface area contributed by atoms with Crippen LogP contribution in [0.25, 0.3) is 11.0 Å². The Kier molecular flexibility index (Phi) is 2.67. The Morgan fingerprint density at radius 2 is 2.27 bits per heavy atom. The van der Waals surface area contributed by atoms with E-state index >= 15 is 0 Å². The third-order valence-corrected chi connectivity index (χ3v) is 2.76. The highest BCUT2D eigenvalue weighted by Crippen LogP contribution is 2.23. The highest BCUT2D eigenvalue weighted by Gasteiger charge is 2.10. The molecule has 2 N–H and O–H groups in total. The molecule has 1 aromatic heterocycles. The quantitative estimate of drug-likeness (QED) is 0.848. The van der Waals surface area contributed by atoms with Crippen LogP contribution in [-0.2, 0) is 13.5 Å². The molecule has 0 fully saturated rings. The molecule has 0 aliphatic rings. The Bertz CT molecular complexity index is 488. The summed E-state index contributed by atoms with van der Waals surface area (Å²) in [4.78, 5) is 4.50. The average molecular weight is 224 g/mol. The molecule has 3 nitrogen and oxygen atoms in total. The molecular weight excluding hydrogens is 210 g/mol. The summed E-state index contributed by atoms with van der Waals surface area (Å²) < 4.78 is 2.05. The predicted molar refractivity (Wildman–Crippen MR) is 63.1 cm³/mol. The molecule has 0 amide bonds. The number of nitrogens with zero attached hydrogens (tertiary/aromatic N) is 2. The van der Waals surface area contributed by atoms with Crippen molar-refractivity contribution in [2.24, 2.45) is 12.8 Å². The van der Waals surface area contributed by atoms with Crippen LogP contribution in [-0.4, -0.2) is 15.6 Å². The van der Waals surface area contributed by atoms with Crippen molar-refractivity contribution in [1.29, 1.82) is 0 Å². The van der Waals surface area contributed by atoms with Gasteiger partial charge in [0.15, 0.2) is 0 Å². The van der Waals surface area contributed by atoms with Crippen molar-refractivity contribution in [3.63, 3.8) is 0 Å². The van der Waals surface area contributed by atoms with Gasteiger partial charge in [-0.2, -0.15) is 0 Å². The number of hydrogen-bond acceptors (Lipinski definition) is 2. The second-order valence-electron chi connectivity index (χ2n) is 3.88. The topological polar surface area (TPSA) is 43.8 Å². The van der Waals surface area contributed by atoms with Gasteiger partial charge >= 0.3 is 0 Å². The minimum Gasteiger partial charge on any atom is -0.331 e. The van der Waals surface area contributed by atoms with E-state index in [9.17, 15) is 0 Å². The number of benzene rings is 1. The summed E-state index contributed by atoms with van der Waals surface area (Å²) in [5.41, 5.74) is 7.68. The summed E-state index contributed by atoms with van der Waals surface area (Å²) in [6.07, 6.45) is 0.765. The van der Waals surface area contributed by atoms with Crippen LogP contribution in [0.2, 0.25) is 5.02 Å². The summed E-state index contributed by atoms with van der Waals surface area (Å²) in [6, 6.07) is 5.91. The maximum atomic E-state index is 6.07. The van der Waals surface area contributed by atoms with Gasteiger partial charge in [0.25, 0.3) is 0 Å². The van der Waals surface area contributed by atoms with Crippen LogP contribution < -0.4 is 5.73 Å². The smallest absolute Gasteiger partial charge is 0.111 e. The van der Waals surface area contributed by atoms with Crippen molar-refractivity contribution < 1.29 is 0 Å². The largest absolute Gasteiger partial charge is 0.331 e. The number of fused-ring (bicyclic) bond motifs is 1. The van der Waals surface area contributed by atoms with Gasteiger partial charge in [-0.3, -0.25) is 0 Å². The van der Waals surface area contributed by atoms with Crippen molar-refractivity contribution in [3.05, 3.63) is 29.0 Å². The SMILES string of the molecule is CC(N)Cc1nc2c(Cl)cccc2n1C. The van der Waals surface area contributed by atoms with Gasteiger partial charge in [-0.1, -0.05) is 17.7 Å². The van der Waals surface area contributed by atoms with Gasteiger partial charge in [-0.15, -0.1) is 0 Å². The van der Waals surface area contributed by atoms with Crippen molar-refractivity contribution in [1.82, 2.24) is 9.55 Å². The first-order valence-corrected chi connectivity index (χ1v) is 5.33. The molecular formula is C11H14ClN3. The van der Waals surface area contributed by atoms with Crippen LogP contribution in [0.3, 0.4) is 0 Å². The third-order valence-electron chi connectivity index (χ3n) is 2.46. The Balaban J connectivity index is 2.59. The van der Waals surface area contributed by atoms with E-state index in [1.807, 2.05) is 36.7 Å². The monoisotopic (exact) mass is 223 g/mol. The Labute approximate surface area is 93.9 Å². The summed E-state index contributed by atoms with van der Waals surface area (Å²) in [5.74, 6) is 0.980. The Morgan fingerprint density at radius 1 is 1.53 bits per heavy atom. The second kappa shape index (κ2) is 3.83. The van der Waals surface area contributed by atoms with Crippen molar-refractivity contribution >= 4 is 22.6 Å². The van der Waals surface area contributed by atoms with Gasteiger partial charge in [0.1, 0.15) is 11.3 Å². The normalized spacial score (nSPS) is 13.3. The molecule has 1 unspecified atom stereocenters. The zero-order chi connectivity index (χ0) is 11.0. The minimum atomic E-state index is 0.110.